The van der Waals surface area contributed by atoms with Gasteiger partial charge in [-0.25, -0.2) is 4.98 Å². The number of nitriles is 1. The molecule has 9 heteroatoms. The van der Waals surface area contributed by atoms with Crippen LogP contribution in [-0.4, -0.2) is 14.1 Å². The fourth-order valence-electron chi connectivity index (χ4n) is 3.92. The smallest absolute Gasteiger partial charge is 0.322 e. The zero-order valence-corrected chi connectivity index (χ0v) is 16.9. The van der Waals surface area contributed by atoms with Gasteiger partial charge in [0.25, 0.3) is 5.56 Å². The molecule has 152 valence electrons. The first-order valence-electron chi connectivity index (χ1n) is 9.33. The number of nitrogens with zero attached hydrogens (tertiary/aromatic N) is 4. The summed E-state index contributed by atoms with van der Waals surface area (Å²) in [6.07, 6.45) is -3.50. The maximum Gasteiger partial charge on any atom is 0.431 e. The molecule has 0 unspecified atom stereocenters. The van der Waals surface area contributed by atoms with E-state index in [9.17, 15) is 18.0 Å². The minimum absolute atomic E-state index is 0.0382. The molecule has 1 aliphatic rings. The predicted molar refractivity (Wildman–Crippen MR) is 109 cm³/mol. The number of imidazole rings is 1. The molecule has 1 saturated carbocycles. The molecule has 0 saturated heterocycles. The van der Waals surface area contributed by atoms with E-state index in [-0.39, 0.29) is 11.0 Å². The highest BCUT2D eigenvalue weighted by molar-refractivity contribution is 7.22. The quantitative estimate of drug-likeness (QED) is 0.444. The van der Waals surface area contributed by atoms with E-state index in [0.717, 1.165) is 31.2 Å². The van der Waals surface area contributed by atoms with Crippen LogP contribution in [0.1, 0.15) is 35.7 Å². The summed E-state index contributed by atoms with van der Waals surface area (Å²) < 4.78 is 44.2. The Morgan fingerprint density at radius 2 is 2.00 bits per heavy atom. The standard InChI is InChI=1S/C21H15F3N4OS/c1-10-13-6-3-11(9-25)7-15(13)30-18(10)19-26-14-8-16(21(22,23)24)28(12-4-5-12)20(29)17(14)27(19)2/h3,6-8,12H,4-5H2,1-2H3. The monoisotopic (exact) mass is 428 g/mol. The first-order chi connectivity index (χ1) is 14.2. The zero-order chi connectivity index (χ0) is 21.4. The molecule has 4 aromatic rings. The Bertz CT molecular complexity index is 1450. The lowest BCUT2D eigenvalue weighted by Gasteiger charge is -2.15. The van der Waals surface area contributed by atoms with Gasteiger partial charge >= 0.3 is 6.18 Å². The Balaban J connectivity index is 1.80. The van der Waals surface area contributed by atoms with Gasteiger partial charge in [-0.05, 0) is 48.9 Å². The Morgan fingerprint density at radius 3 is 2.63 bits per heavy atom. The van der Waals surface area contributed by atoms with E-state index in [4.69, 9.17) is 5.26 Å². The van der Waals surface area contributed by atoms with E-state index >= 15 is 0 Å². The number of pyridine rings is 1. The Kier molecular flexibility index (Phi) is 3.89. The third-order valence-corrected chi connectivity index (χ3v) is 6.80. The topological polar surface area (TPSA) is 63.6 Å². The highest BCUT2D eigenvalue weighted by atomic mass is 32.1. The highest BCUT2D eigenvalue weighted by Gasteiger charge is 2.40. The second-order valence-electron chi connectivity index (χ2n) is 7.54. The van der Waals surface area contributed by atoms with Gasteiger partial charge in [-0.3, -0.25) is 9.36 Å². The molecule has 0 spiro atoms. The molecule has 3 heterocycles. The van der Waals surface area contributed by atoms with E-state index in [2.05, 4.69) is 11.1 Å². The summed E-state index contributed by atoms with van der Waals surface area (Å²) in [4.78, 5) is 18.3. The highest BCUT2D eigenvalue weighted by Crippen LogP contribution is 2.42. The van der Waals surface area contributed by atoms with Crippen LogP contribution in [0.3, 0.4) is 0 Å². The molecule has 3 aromatic heterocycles. The van der Waals surface area contributed by atoms with E-state index in [1.165, 1.54) is 11.3 Å². The van der Waals surface area contributed by atoms with Crippen molar-refractivity contribution in [3.8, 4) is 16.8 Å². The van der Waals surface area contributed by atoms with Crippen molar-refractivity contribution in [2.45, 2.75) is 32.0 Å². The van der Waals surface area contributed by atoms with E-state index < -0.39 is 23.5 Å². The molecule has 0 bridgehead atoms. The Morgan fingerprint density at radius 1 is 1.27 bits per heavy atom. The third-order valence-electron chi connectivity index (χ3n) is 5.55. The van der Waals surface area contributed by atoms with Crippen molar-refractivity contribution >= 4 is 32.5 Å². The van der Waals surface area contributed by atoms with Gasteiger partial charge in [0.1, 0.15) is 11.2 Å². The molecule has 30 heavy (non-hydrogen) atoms. The van der Waals surface area contributed by atoms with Gasteiger partial charge in [0.2, 0.25) is 0 Å². The predicted octanol–water partition coefficient (Wildman–Crippen LogP) is 5.15. The number of rotatable bonds is 2. The summed E-state index contributed by atoms with van der Waals surface area (Å²) >= 11 is 1.41. The lowest BCUT2D eigenvalue weighted by Crippen LogP contribution is -2.28. The summed E-state index contributed by atoms with van der Waals surface area (Å²) in [7, 11) is 1.65. The van der Waals surface area contributed by atoms with Crippen molar-refractivity contribution in [3.63, 3.8) is 0 Å². The SMILES string of the molecule is Cc1c(-c2nc3cc(C(F)(F)F)n(C4CC4)c(=O)c3n2C)sc2cc(C#N)ccc12. The first-order valence-corrected chi connectivity index (χ1v) is 10.1. The van der Waals surface area contributed by atoms with Crippen LogP contribution < -0.4 is 5.56 Å². The molecule has 1 fully saturated rings. The Hall–Kier alpha value is -3.12. The fraction of sp³-hybridized carbons (Fsp3) is 0.286. The van der Waals surface area contributed by atoms with Crippen molar-refractivity contribution in [1.82, 2.24) is 14.1 Å². The lowest BCUT2D eigenvalue weighted by molar-refractivity contribution is -0.144. The second kappa shape index (κ2) is 6.19. The molecule has 0 amide bonds. The molecule has 0 N–H and O–H groups in total. The fourth-order valence-corrected chi connectivity index (χ4v) is 5.19. The molecule has 5 nitrogen and oxygen atoms in total. The van der Waals surface area contributed by atoms with Crippen LogP contribution in [0.25, 0.3) is 31.8 Å². The molecule has 1 aromatic carbocycles. The summed E-state index contributed by atoms with van der Waals surface area (Å²) in [5.74, 6) is 0.445. The molecule has 0 aliphatic heterocycles. The Labute approximate surface area is 172 Å². The maximum absolute atomic E-state index is 13.6. The van der Waals surface area contributed by atoms with E-state index in [1.54, 1.807) is 23.7 Å². The van der Waals surface area contributed by atoms with Crippen LogP contribution in [0.2, 0.25) is 0 Å². The summed E-state index contributed by atoms with van der Waals surface area (Å²) in [5, 5.41) is 10.1. The van der Waals surface area contributed by atoms with Crippen LogP contribution in [0.5, 0.6) is 0 Å². The van der Waals surface area contributed by atoms with Gasteiger partial charge in [-0.2, -0.15) is 18.4 Å². The second-order valence-corrected chi connectivity index (χ2v) is 8.59. The molecule has 0 atom stereocenters. The molecule has 1 aliphatic carbocycles. The number of aromatic nitrogens is 3. The minimum Gasteiger partial charge on any atom is -0.322 e. The molecule has 5 rings (SSSR count). The maximum atomic E-state index is 13.6. The molecular formula is C21H15F3N4OS. The number of hydrogen-bond donors (Lipinski definition) is 0. The van der Waals surface area contributed by atoms with E-state index in [1.807, 2.05) is 13.0 Å². The van der Waals surface area contributed by atoms with Gasteiger partial charge in [0, 0.05) is 17.8 Å². The van der Waals surface area contributed by atoms with Crippen LogP contribution in [0.15, 0.2) is 29.1 Å². The largest absolute Gasteiger partial charge is 0.431 e. The van der Waals surface area contributed by atoms with Crippen molar-refractivity contribution < 1.29 is 13.2 Å². The summed E-state index contributed by atoms with van der Waals surface area (Å²) in [6.45, 7) is 1.91. The van der Waals surface area contributed by atoms with Gasteiger partial charge in [0.15, 0.2) is 5.82 Å². The van der Waals surface area contributed by atoms with Crippen LogP contribution in [0, 0.1) is 18.3 Å². The van der Waals surface area contributed by atoms with Crippen molar-refractivity contribution in [1.29, 1.82) is 5.26 Å². The number of thiophene rings is 1. The lowest BCUT2D eigenvalue weighted by atomic mass is 10.1. The van der Waals surface area contributed by atoms with Crippen molar-refractivity contribution in [3.05, 3.63) is 51.4 Å². The summed E-state index contributed by atoms with van der Waals surface area (Å²) in [6, 6.07) is 8.04. The van der Waals surface area contributed by atoms with Crippen molar-refractivity contribution in [2.24, 2.45) is 7.05 Å². The molecule has 0 radical (unpaired) electrons. The van der Waals surface area contributed by atoms with Crippen molar-refractivity contribution in [2.75, 3.05) is 0 Å². The van der Waals surface area contributed by atoms with Crippen LogP contribution >= 0.6 is 11.3 Å². The van der Waals surface area contributed by atoms with Gasteiger partial charge in [-0.15, -0.1) is 11.3 Å². The normalized spacial score (nSPS) is 14.5. The van der Waals surface area contributed by atoms with E-state index in [0.29, 0.717) is 24.2 Å². The molecular weight excluding hydrogens is 413 g/mol. The minimum atomic E-state index is -4.63. The number of benzene rings is 1. The van der Waals surface area contributed by atoms with Gasteiger partial charge in [0.05, 0.1) is 22.0 Å². The number of fused-ring (bicyclic) bond motifs is 2. The summed E-state index contributed by atoms with van der Waals surface area (Å²) in [5.41, 5.74) is 0.0441. The van der Waals surface area contributed by atoms with Gasteiger partial charge in [-0.1, -0.05) is 6.07 Å². The van der Waals surface area contributed by atoms with Crippen LogP contribution in [-0.2, 0) is 13.2 Å². The third kappa shape index (κ3) is 2.67. The van der Waals surface area contributed by atoms with Crippen LogP contribution in [0.4, 0.5) is 13.2 Å². The number of halogens is 3. The number of hydrogen-bond acceptors (Lipinski definition) is 4. The first kappa shape index (κ1) is 18.9. The average Bonchev–Trinajstić information content (AvgIpc) is 3.40. The average molecular weight is 428 g/mol. The zero-order valence-electron chi connectivity index (χ0n) is 16.0. The van der Waals surface area contributed by atoms with Gasteiger partial charge < -0.3 is 4.57 Å². The number of alkyl halides is 3. The number of aryl methyl sites for hydroxylation is 2.